The summed E-state index contributed by atoms with van der Waals surface area (Å²) in [5.41, 5.74) is 2.50. The average molecular weight is 401 g/mol. The van der Waals surface area contributed by atoms with Gasteiger partial charge in [-0.25, -0.2) is 0 Å². The van der Waals surface area contributed by atoms with Gasteiger partial charge in [-0.2, -0.15) is 0 Å². The second-order valence-corrected chi connectivity index (χ2v) is 6.74. The number of benzene rings is 3. The van der Waals surface area contributed by atoms with Crippen molar-refractivity contribution in [1.29, 1.82) is 0 Å². The molecule has 1 heterocycles. The molecule has 0 aliphatic heterocycles. The monoisotopic (exact) mass is 401 g/mol. The molecule has 4 aromatic rings. The third kappa shape index (κ3) is 4.33. The summed E-state index contributed by atoms with van der Waals surface area (Å²) in [4.78, 5) is 23.8. The molecule has 0 fully saturated rings. The predicted molar refractivity (Wildman–Crippen MR) is 113 cm³/mol. The molecule has 0 atom stereocenters. The Bertz CT molecular complexity index is 1160. The van der Waals surface area contributed by atoms with Crippen LogP contribution in [0.15, 0.2) is 77.2 Å². The minimum Gasteiger partial charge on any atom is -0.508 e. The van der Waals surface area contributed by atoms with Crippen LogP contribution in [0.5, 0.6) is 11.5 Å². The maximum atomic E-state index is 12.7. The van der Waals surface area contributed by atoms with Crippen LogP contribution in [0.4, 0.5) is 5.69 Å². The van der Waals surface area contributed by atoms with Gasteiger partial charge in [-0.15, -0.1) is 0 Å². The van der Waals surface area contributed by atoms with Crippen LogP contribution in [-0.4, -0.2) is 23.9 Å². The number of rotatable bonds is 7. The summed E-state index contributed by atoms with van der Waals surface area (Å²) in [6.07, 6.45) is 1.32. The van der Waals surface area contributed by atoms with Gasteiger partial charge in [0.2, 0.25) is 0 Å². The Kier molecular flexibility index (Phi) is 5.48. The molecule has 6 heteroatoms. The van der Waals surface area contributed by atoms with Gasteiger partial charge in [0.25, 0.3) is 5.91 Å². The van der Waals surface area contributed by atoms with Gasteiger partial charge < -0.3 is 19.6 Å². The van der Waals surface area contributed by atoms with E-state index in [1.54, 1.807) is 42.5 Å². The van der Waals surface area contributed by atoms with Gasteiger partial charge in [-0.05, 0) is 48.0 Å². The Morgan fingerprint density at radius 3 is 2.60 bits per heavy atom. The zero-order chi connectivity index (χ0) is 20.9. The van der Waals surface area contributed by atoms with Gasteiger partial charge in [-0.1, -0.05) is 30.3 Å². The molecule has 3 aromatic carbocycles. The van der Waals surface area contributed by atoms with Crippen molar-refractivity contribution in [3.63, 3.8) is 0 Å². The smallest absolute Gasteiger partial charge is 0.291 e. The SMILES string of the molecule is O=Cc1ccc(NC(=O)c2cc3ccccc3o2)c(OCCc2ccc(O)cc2)c1. The molecule has 1 aromatic heterocycles. The predicted octanol–water partition coefficient (Wildman–Crippen LogP) is 4.82. The first-order valence-electron chi connectivity index (χ1n) is 9.42. The Hall–Kier alpha value is -4.06. The maximum Gasteiger partial charge on any atom is 0.291 e. The van der Waals surface area contributed by atoms with Gasteiger partial charge in [0.15, 0.2) is 5.76 Å². The molecule has 0 unspecified atom stereocenters. The molecule has 2 N–H and O–H groups in total. The lowest BCUT2D eigenvalue weighted by Crippen LogP contribution is -2.13. The van der Waals surface area contributed by atoms with E-state index in [4.69, 9.17) is 9.15 Å². The van der Waals surface area contributed by atoms with E-state index in [1.807, 2.05) is 30.3 Å². The van der Waals surface area contributed by atoms with E-state index >= 15 is 0 Å². The summed E-state index contributed by atoms with van der Waals surface area (Å²) in [5, 5.41) is 13.0. The largest absolute Gasteiger partial charge is 0.508 e. The molecule has 0 radical (unpaired) electrons. The Labute approximate surface area is 172 Å². The number of phenolic OH excluding ortho intramolecular Hbond substituents is 1. The highest BCUT2D eigenvalue weighted by Gasteiger charge is 2.15. The number of hydrogen-bond acceptors (Lipinski definition) is 5. The van der Waals surface area contributed by atoms with E-state index in [9.17, 15) is 14.7 Å². The molecule has 0 saturated heterocycles. The Morgan fingerprint density at radius 2 is 1.83 bits per heavy atom. The fraction of sp³-hybridized carbons (Fsp3) is 0.0833. The lowest BCUT2D eigenvalue weighted by Gasteiger charge is -2.13. The van der Waals surface area contributed by atoms with Crippen molar-refractivity contribution in [2.45, 2.75) is 6.42 Å². The van der Waals surface area contributed by atoms with Crippen LogP contribution in [-0.2, 0) is 6.42 Å². The Balaban J connectivity index is 1.49. The van der Waals surface area contributed by atoms with Crippen LogP contribution in [0.3, 0.4) is 0 Å². The van der Waals surface area contributed by atoms with E-state index in [2.05, 4.69) is 5.32 Å². The summed E-state index contributed by atoms with van der Waals surface area (Å²) < 4.78 is 11.4. The van der Waals surface area contributed by atoms with Crippen LogP contribution in [0.1, 0.15) is 26.5 Å². The summed E-state index contributed by atoms with van der Waals surface area (Å²) in [6.45, 7) is 0.334. The van der Waals surface area contributed by atoms with Crippen LogP contribution < -0.4 is 10.1 Å². The third-order valence-corrected chi connectivity index (χ3v) is 4.62. The van der Waals surface area contributed by atoms with E-state index in [0.717, 1.165) is 17.2 Å². The molecule has 0 saturated carbocycles. The number of amides is 1. The first-order valence-corrected chi connectivity index (χ1v) is 9.42. The van der Waals surface area contributed by atoms with Gasteiger partial charge in [-0.3, -0.25) is 9.59 Å². The van der Waals surface area contributed by atoms with Crippen molar-refractivity contribution in [2.75, 3.05) is 11.9 Å². The number of phenols is 1. The highest BCUT2D eigenvalue weighted by Crippen LogP contribution is 2.27. The minimum absolute atomic E-state index is 0.186. The minimum atomic E-state index is -0.409. The number of aldehydes is 1. The van der Waals surface area contributed by atoms with Crippen LogP contribution in [0.25, 0.3) is 11.0 Å². The molecular weight excluding hydrogens is 382 g/mol. The van der Waals surface area contributed by atoms with Crippen molar-refractivity contribution in [2.24, 2.45) is 0 Å². The Morgan fingerprint density at radius 1 is 1.03 bits per heavy atom. The number of nitrogens with one attached hydrogen (secondary N) is 1. The zero-order valence-electron chi connectivity index (χ0n) is 16.0. The molecular formula is C24H19NO5. The van der Waals surface area contributed by atoms with E-state index in [1.165, 1.54) is 0 Å². The molecule has 1 amide bonds. The highest BCUT2D eigenvalue weighted by atomic mass is 16.5. The number of furan rings is 1. The van der Waals surface area contributed by atoms with Gasteiger partial charge in [0.05, 0.1) is 12.3 Å². The van der Waals surface area contributed by atoms with Crippen molar-refractivity contribution < 1.29 is 23.8 Å². The molecule has 0 aliphatic rings. The highest BCUT2D eigenvalue weighted by molar-refractivity contribution is 6.05. The van der Waals surface area contributed by atoms with Gasteiger partial charge >= 0.3 is 0 Å². The number of para-hydroxylation sites is 1. The van der Waals surface area contributed by atoms with Crippen molar-refractivity contribution >= 4 is 28.8 Å². The average Bonchev–Trinajstić information content (AvgIpc) is 3.20. The molecule has 0 spiro atoms. The maximum absolute atomic E-state index is 12.7. The number of carbonyl (C=O) groups excluding carboxylic acids is 2. The van der Waals surface area contributed by atoms with Gasteiger partial charge in [0, 0.05) is 17.4 Å². The fourth-order valence-electron chi connectivity index (χ4n) is 3.05. The van der Waals surface area contributed by atoms with Crippen LogP contribution in [0, 0.1) is 0 Å². The topological polar surface area (TPSA) is 88.8 Å². The molecule has 150 valence electrons. The summed E-state index contributed by atoms with van der Waals surface area (Å²) in [7, 11) is 0. The summed E-state index contributed by atoms with van der Waals surface area (Å²) in [6, 6.07) is 20.7. The van der Waals surface area contributed by atoms with Crippen LogP contribution >= 0.6 is 0 Å². The number of aromatic hydroxyl groups is 1. The molecule has 0 aliphatic carbocycles. The fourth-order valence-corrected chi connectivity index (χ4v) is 3.05. The van der Waals surface area contributed by atoms with Crippen LogP contribution in [0.2, 0.25) is 0 Å². The molecule has 6 nitrogen and oxygen atoms in total. The first-order chi connectivity index (χ1) is 14.6. The second-order valence-electron chi connectivity index (χ2n) is 6.74. The standard InChI is InChI=1S/C24H19NO5/c26-15-17-7-10-20(22(13-17)29-12-11-16-5-8-19(27)9-6-16)25-24(28)23-14-18-3-1-2-4-21(18)30-23/h1-10,13-15,27H,11-12H2,(H,25,28). The number of fused-ring (bicyclic) bond motifs is 1. The summed E-state index contributed by atoms with van der Waals surface area (Å²) in [5.74, 6) is 0.371. The zero-order valence-corrected chi connectivity index (χ0v) is 16.0. The lowest BCUT2D eigenvalue weighted by atomic mass is 10.1. The molecule has 30 heavy (non-hydrogen) atoms. The van der Waals surface area contributed by atoms with Crippen molar-refractivity contribution in [1.82, 2.24) is 0 Å². The quantitative estimate of drug-likeness (QED) is 0.433. The van der Waals surface area contributed by atoms with E-state index in [0.29, 0.717) is 35.6 Å². The van der Waals surface area contributed by atoms with Crippen molar-refractivity contribution in [3.8, 4) is 11.5 Å². The third-order valence-electron chi connectivity index (χ3n) is 4.62. The molecule has 0 bridgehead atoms. The number of hydrogen-bond donors (Lipinski definition) is 2. The number of carbonyl (C=O) groups is 2. The van der Waals surface area contributed by atoms with E-state index in [-0.39, 0.29) is 11.5 Å². The number of anilines is 1. The first kappa shape index (κ1) is 19.3. The second kappa shape index (κ2) is 8.53. The normalized spacial score (nSPS) is 10.7. The molecule has 4 rings (SSSR count). The summed E-state index contributed by atoms with van der Waals surface area (Å²) >= 11 is 0. The van der Waals surface area contributed by atoms with Gasteiger partial charge in [0.1, 0.15) is 23.4 Å². The van der Waals surface area contributed by atoms with E-state index < -0.39 is 5.91 Å². The lowest BCUT2D eigenvalue weighted by molar-refractivity contribution is 0.0998. The number of ether oxygens (including phenoxy) is 1. The van der Waals surface area contributed by atoms with Crippen molar-refractivity contribution in [3.05, 3.63) is 89.7 Å².